The molecule has 3 fully saturated rings. The molecule has 3 saturated heterocycles. The molecule has 3 aliphatic heterocycles. The molecular weight excluding hydrogens is 375 g/mol. The lowest BCUT2D eigenvalue weighted by atomic mass is 9.86. The van der Waals surface area contributed by atoms with E-state index >= 15 is 0 Å². The first-order chi connectivity index (χ1) is 11.0. The maximum absolute atomic E-state index is 13.2. The van der Waals surface area contributed by atoms with Crippen molar-refractivity contribution in [2.75, 3.05) is 39.4 Å². The zero-order valence-corrected chi connectivity index (χ0v) is 16.0. The highest BCUT2D eigenvalue weighted by atomic mass is 35.5. The molecule has 148 valence electrons. The highest BCUT2D eigenvalue weighted by molar-refractivity contribution is 5.85. The van der Waals surface area contributed by atoms with E-state index in [-0.39, 0.29) is 36.3 Å². The molecule has 2 N–H and O–H groups in total. The van der Waals surface area contributed by atoms with Crippen molar-refractivity contribution < 1.29 is 18.3 Å². The highest BCUT2D eigenvalue weighted by Crippen LogP contribution is 2.31. The molecule has 0 radical (unpaired) electrons. The smallest absolute Gasteiger partial charge is 0.262 e. The minimum absolute atomic E-state index is 0. The van der Waals surface area contributed by atoms with Crippen molar-refractivity contribution in [1.29, 1.82) is 0 Å². The minimum atomic E-state index is -2.77. The summed E-state index contributed by atoms with van der Waals surface area (Å²) in [6.07, 6.45) is 5.01. The van der Waals surface area contributed by atoms with Gasteiger partial charge in [-0.15, -0.1) is 24.8 Å². The van der Waals surface area contributed by atoms with Gasteiger partial charge in [-0.1, -0.05) is 6.42 Å². The average molecular weight is 404 g/mol. The average Bonchev–Trinajstić information content (AvgIpc) is 2.94. The van der Waals surface area contributed by atoms with Gasteiger partial charge in [-0.2, -0.15) is 0 Å². The SMILES string of the molecule is Cl.Cl.O=C(NCC1(N2CCCCC2)CCOCC1)C1CC(F)(F)CN1. The summed E-state index contributed by atoms with van der Waals surface area (Å²) < 4.78 is 32.0. The molecule has 0 aromatic carbocycles. The lowest BCUT2D eigenvalue weighted by Crippen LogP contribution is -2.60. The van der Waals surface area contributed by atoms with Crippen LogP contribution >= 0.6 is 24.8 Å². The van der Waals surface area contributed by atoms with E-state index in [1.165, 1.54) is 19.3 Å². The Bertz CT molecular complexity index is 432. The maximum atomic E-state index is 13.2. The fourth-order valence-corrected chi connectivity index (χ4v) is 4.00. The number of ether oxygens (including phenoxy) is 1. The molecule has 0 aliphatic carbocycles. The molecule has 1 unspecified atom stereocenters. The van der Waals surface area contributed by atoms with Gasteiger partial charge in [0.1, 0.15) is 0 Å². The normalized spacial score (nSPS) is 28.5. The number of carbonyl (C=O) groups excluding carboxylic acids is 1. The number of amides is 1. The van der Waals surface area contributed by atoms with Crippen LogP contribution in [0.25, 0.3) is 0 Å². The van der Waals surface area contributed by atoms with Gasteiger partial charge >= 0.3 is 0 Å². The number of hydrogen-bond donors (Lipinski definition) is 2. The second kappa shape index (κ2) is 9.65. The second-order valence-corrected chi connectivity index (χ2v) is 7.10. The number of nitrogens with zero attached hydrogens (tertiary/aromatic N) is 1. The third kappa shape index (κ3) is 5.63. The largest absolute Gasteiger partial charge is 0.381 e. The van der Waals surface area contributed by atoms with Crippen molar-refractivity contribution in [3.05, 3.63) is 0 Å². The quantitative estimate of drug-likeness (QED) is 0.753. The van der Waals surface area contributed by atoms with Crippen molar-refractivity contribution in [2.24, 2.45) is 0 Å². The summed E-state index contributed by atoms with van der Waals surface area (Å²) in [7, 11) is 0. The van der Waals surface area contributed by atoms with Crippen molar-refractivity contribution in [2.45, 2.75) is 56.0 Å². The summed E-state index contributed by atoms with van der Waals surface area (Å²) in [6.45, 7) is 3.62. The van der Waals surface area contributed by atoms with Gasteiger partial charge in [-0.25, -0.2) is 8.78 Å². The van der Waals surface area contributed by atoms with Gasteiger partial charge in [-0.3, -0.25) is 15.0 Å². The first-order valence-electron chi connectivity index (χ1n) is 8.73. The Balaban J connectivity index is 0.00000156. The molecule has 1 amide bonds. The Morgan fingerprint density at radius 2 is 1.80 bits per heavy atom. The Morgan fingerprint density at radius 1 is 1.16 bits per heavy atom. The summed E-state index contributed by atoms with van der Waals surface area (Å²) in [5, 5.41) is 5.56. The van der Waals surface area contributed by atoms with Gasteiger partial charge in [0.05, 0.1) is 12.6 Å². The van der Waals surface area contributed by atoms with Gasteiger partial charge in [0.2, 0.25) is 5.91 Å². The molecule has 0 spiro atoms. The van der Waals surface area contributed by atoms with Crippen LogP contribution in [0.2, 0.25) is 0 Å². The number of nitrogens with one attached hydrogen (secondary N) is 2. The second-order valence-electron chi connectivity index (χ2n) is 7.10. The summed E-state index contributed by atoms with van der Waals surface area (Å²) >= 11 is 0. The fourth-order valence-electron chi connectivity index (χ4n) is 4.00. The van der Waals surface area contributed by atoms with Gasteiger partial charge in [0, 0.05) is 31.7 Å². The van der Waals surface area contributed by atoms with E-state index in [4.69, 9.17) is 4.74 Å². The van der Waals surface area contributed by atoms with E-state index in [0.717, 1.165) is 25.9 Å². The van der Waals surface area contributed by atoms with E-state index in [1.54, 1.807) is 0 Å². The minimum Gasteiger partial charge on any atom is -0.381 e. The van der Waals surface area contributed by atoms with Crippen LogP contribution in [0.15, 0.2) is 0 Å². The van der Waals surface area contributed by atoms with Gasteiger partial charge in [-0.05, 0) is 38.8 Å². The Labute approximate surface area is 160 Å². The molecular formula is C16H29Cl2F2N3O2. The maximum Gasteiger partial charge on any atom is 0.262 e. The van der Waals surface area contributed by atoms with Crippen molar-refractivity contribution in [1.82, 2.24) is 15.5 Å². The van der Waals surface area contributed by atoms with E-state index in [9.17, 15) is 13.6 Å². The first-order valence-corrected chi connectivity index (χ1v) is 8.73. The highest BCUT2D eigenvalue weighted by Gasteiger charge is 2.44. The van der Waals surface area contributed by atoms with Crippen LogP contribution in [-0.4, -0.2) is 67.7 Å². The topological polar surface area (TPSA) is 53.6 Å². The number of hydrogen-bond acceptors (Lipinski definition) is 4. The monoisotopic (exact) mass is 403 g/mol. The summed E-state index contributed by atoms with van der Waals surface area (Å²) in [4.78, 5) is 14.7. The first kappa shape index (κ1) is 22.8. The van der Waals surface area contributed by atoms with Crippen LogP contribution < -0.4 is 10.6 Å². The Kier molecular flexibility index (Phi) is 8.81. The van der Waals surface area contributed by atoms with E-state index in [0.29, 0.717) is 19.8 Å². The predicted octanol–water partition coefficient (Wildman–Crippen LogP) is 1.98. The third-order valence-electron chi connectivity index (χ3n) is 5.47. The molecule has 0 aromatic heterocycles. The lowest BCUT2D eigenvalue weighted by molar-refractivity contribution is -0.125. The molecule has 0 aromatic rings. The lowest BCUT2D eigenvalue weighted by Gasteiger charge is -2.48. The number of carbonyl (C=O) groups is 1. The summed E-state index contributed by atoms with van der Waals surface area (Å²) in [5.74, 6) is -3.07. The van der Waals surface area contributed by atoms with Crippen molar-refractivity contribution >= 4 is 30.7 Å². The molecule has 5 nitrogen and oxygen atoms in total. The summed E-state index contributed by atoms with van der Waals surface area (Å²) in [6, 6.07) is -0.775. The predicted molar refractivity (Wildman–Crippen MR) is 97.1 cm³/mol. The fraction of sp³-hybridized carbons (Fsp3) is 0.938. The van der Waals surface area contributed by atoms with Crippen LogP contribution in [0.4, 0.5) is 8.78 Å². The molecule has 25 heavy (non-hydrogen) atoms. The van der Waals surface area contributed by atoms with Crippen LogP contribution in [-0.2, 0) is 9.53 Å². The van der Waals surface area contributed by atoms with Gasteiger partial charge in [0.25, 0.3) is 5.92 Å². The van der Waals surface area contributed by atoms with Crippen LogP contribution in [0, 0.1) is 0 Å². The third-order valence-corrected chi connectivity index (χ3v) is 5.47. The standard InChI is InChI=1S/C16H27F2N3O2.2ClH/c17-16(18)10-13(19-12-16)14(22)20-11-15(4-8-23-9-5-15)21-6-2-1-3-7-21;;/h13,19H,1-12H2,(H,20,22);2*1H. The number of piperidine rings is 1. The van der Waals surface area contributed by atoms with Crippen LogP contribution in [0.1, 0.15) is 38.5 Å². The zero-order chi connectivity index (χ0) is 16.3. The van der Waals surface area contributed by atoms with Crippen molar-refractivity contribution in [3.8, 4) is 0 Å². The molecule has 1 atom stereocenters. The number of halogens is 4. The Hall–Kier alpha value is -0.210. The van der Waals surface area contributed by atoms with E-state index in [2.05, 4.69) is 15.5 Å². The number of likely N-dealkylation sites (tertiary alicyclic amines) is 1. The molecule has 3 aliphatic rings. The molecule has 0 saturated carbocycles. The van der Waals surface area contributed by atoms with Crippen LogP contribution in [0.5, 0.6) is 0 Å². The molecule has 9 heteroatoms. The van der Waals surface area contributed by atoms with Crippen LogP contribution in [0.3, 0.4) is 0 Å². The van der Waals surface area contributed by atoms with Gasteiger partial charge in [0.15, 0.2) is 0 Å². The van der Waals surface area contributed by atoms with E-state index in [1.807, 2.05) is 0 Å². The Morgan fingerprint density at radius 3 is 2.36 bits per heavy atom. The van der Waals surface area contributed by atoms with E-state index < -0.39 is 24.9 Å². The van der Waals surface area contributed by atoms with Crippen molar-refractivity contribution in [3.63, 3.8) is 0 Å². The molecule has 0 bridgehead atoms. The zero-order valence-electron chi connectivity index (χ0n) is 14.4. The number of rotatable bonds is 4. The molecule has 3 heterocycles. The van der Waals surface area contributed by atoms with Gasteiger partial charge < -0.3 is 10.1 Å². The molecule has 3 rings (SSSR count). The summed E-state index contributed by atoms with van der Waals surface area (Å²) in [5.41, 5.74) is -0.0740. The number of alkyl halides is 2.